The van der Waals surface area contributed by atoms with Gasteiger partial charge in [0.2, 0.25) is 5.91 Å². The van der Waals surface area contributed by atoms with Crippen LogP contribution in [0.25, 0.3) is 0 Å². The van der Waals surface area contributed by atoms with Gasteiger partial charge in [-0.15, -0.1) is 5.11 Å². The predicted molar refractivity (Wildman–Crippen MR) is 80.9 cm³/mol. The average Bonchev–Trinajstić information content (AvgIpc) is 2.48. The molecule has 2 rings (SSSR count). The number of rotatable bonds is 4. The van der Waals surface area contributed by atoms with E-state index in [1.165, 1.54) is 13.8 Å². The number of carbonyl (C=O) groups excluding carboxylic acids is 2. The number of Topliss-reactive ketones (excluding diaryl/α,β-unsaturated/α-hetero) is 1. The van der Waals surface area contributed by atoms with Crippen LogP contribution >= 0.6 is 0 Å². The van der Waals surface area contributed by atoms with Gasteiger partial charge in [0.05, 0.1) is 11.4 Å². The van der Waals surface area contributed by atoms with E-state index >= 15 is 0 Å². The lowest BCUT2D eigenvalue weighted by atomic mass is 10.0. The van der Waals surface area contributed by atoms with E-state index in [1.807, 2.05) is 12.1 Å². The van der Waals surface area contributed by atoms with Gasteiger partial charge >= 0.3 is 0 Å². The average molecular weight is 300 g/mol. The first kappa shape index (κ1) is 15.6. The maximum absolute atomic E-state index is 11.3. The van der Waals surface area contributed by atoms with Crippen LogP contribution in [-0.4, -0.2) is 22.5 Å². The van der Waals surface area contributed by atoms with Crippen LogP contribution in [-0.2, 0) is 9.59 Å². The third-order valence-electron chi connectivity index (χ3n) is 3.05. The molecule has 0 radical (unpaired) electrons. The molecule has 1 aliphatic rings. The molecule has 0 atom stereocenters. The van der Waals surface area contributed by atoms with E-state index in [2.05, 4.69) is 20.8 Å². The Morgan fingerprint density at radius 3 is 2.41 bits per heavy atom. The largest absolute Gasteiger partial charge is 0.510 e. The van der Waals surface area contributed by atoms with E-state index in [9.17, 15) is 14.7 Å². The lowest BCUT2D eigenvalue weighted by molar-refractivity contribution is -0.121. The molecule has 0 saturated carbocycles. The maximum atomic E-state index is 11.3. The number of nitrogens with zero attached hydrogens (tertiary/aromatic N) is 3. The summed E-state index contributed by atoms with van der Waals surface area (Å²) in [6, 6.07) is 7.08. The highest BCUT2D eigenvalue weighted by molar-refractivity contribution is 6.04. The highest BCUT2D eigenvalue weighted by Gasteiger charge is 2.13. The molecule has 0 bridgehead atoms. The fourth-order valence-corrected chi connectivity index (χ4v) is 1.91. The van der Waals surface area contributed by atoms with Crippen LogP contribution in [0.15, 0.2) is 51.1 Å². The van der Waals surface area contributed by atoms with Gasteiger partial charge < -0.3 is 5.11 Å². The Morgan fingerprint density at radius 1 is 1.23 bits per heavy atom. The number of hydrazone groups is 1. The standard InChI is InChI=1S/C15H16N4O3/c1-9(20)15(10(2)21)19-16-12-5-3-11(4-6-12)13-7-8-14(22)18-17-13/h3-6,20H,7-8H2,1-2H3,(H,18,22)/b15-9-,19-16?. The summed E-state index contributed by atoms with van der Waals surface area (Å²) in [5.41, 5.74) is 4.62. The Bertz CT molecular complexity index is 683. The molecular formula is C15H16N4O3. The van der Waals surface area contributed by atoms with Crippen LogP contribution in [0.3, 0.4) is 0 Å². The zero-order valence-corrected chi connectivity index (χ0v) is 12.3. The van der Waals surface area contributed by atoms with E-state index in [4.69, 9.17) is 0 Å². The fraction of sp³-hybridized carbons (Fsp3) is 0.267. The lowest BCUT2D eigenvalue weighted by Crippen LogP contribution is -2.25. The van der Waals surface area contributed by atoms with Gasteiger partial charge in [-0.3, -0.25) is 9.59 Å². The Kier molecular flexibility index (Phi) is 4.77. The van der Waals surface area contributed by atoms with Crippen LogP contribution in [0.1, 0.15) is 32.3 Å². The highest BCUT2D eigenvalue weighted by atomic mass is 16.3. The second-order valence-electron chi connectivity index (χ2n) is 4.83. The molecule has 0 spiro atoms. The van der Waals surface area contributed by atoms with Crippen molar-refractivity contribution in [2.24, 2.45) is 15.3 Å². The number of allylic oxidation sites excluding steroid dienone is 2. The highest BCUT2D eigenvalue weighted by Crippen LogP contribution is 2.18. The molecule has 0 aliphatic carbocycles. The minimum Gasteiger partial charge on any atom is -0.510 e. The molecule has 7 nitrogen and oxygen atoms in total. The van der Waals surface area contributed by atoms with Gasteiger partial charge in [-0.05, 0) is 24.6 Å². The van der Waals surface area contributed by atoms with E-state index in [0.717, 1.165) is 11.3 Å². The third-order valence-corrected chi connectivity index (χ3v) is 3.05. The van der Waals surface area contributed by atoms with Crippen molar-refractivity contribution in [1.82, 2.24) is 5.43 Å². The summed E-state index contributed by atoms with van der Waals surface area (Å²) < 4.78 is 0. The van der Waals surface area contributed by atoms with Gasteiger partial charge in [0.25, 0.3) is 0 Å². The summed E-state index contributed by atoms with van der Waals surface area (Å²) in [5, 5.41) is 21.0. The monoisotopic (exact) mass is 300 g/mol. The third kappa shape index (κ3) is 3.85. The molecule has 1 aromatic carbocycles. The van der Waals surface area contributed by atoms with Crippen molar-refractivity contribution in [2.45, 2.75) is 26.7 Å². The smallest absolute Gasteiger partial charge is 0.240 e. The molecule has 22 heavy (non-hydrogen) atoms. The number of hydrogen-bond donors (Lipinski definition) is 2. The number of hydrogen-bond acceptors (Lipinski definition) is 6. The van der Waals surface area contributed by atoms with Crippen LogP contribution in [0.5, 0.6) is 0 Å². The van der Waals surface area contributed by atoms with Crippen LogP contribution in [0.4, 0.5) is 5.69 Å². The van der Waals surface area contributed by atoms with Gasteiger partial charge in [-0.25, -0.2) is 5.43 Å². The quantitative estimate of drug-likeness (QED) is 0.507. The summed E-state index contributed by atoms with van der Waals surface area (Å²) >= 11 is 0. The molecule has 0 unspecified atom stereocenters. The zero-order valence-electron chi connectivity index (χ0n) is 12.3. The number of aliphatic hydroxyl groups excluding tert-OH is 1. The molecule has 0 fully saturated rings. The molecule has 2 N–H and O–H groups in total. The zero-order chi connectivity index (χ0) is 16.1. The lowest BCUT2D eigenvalue weighted by Gasteiger charge is -2.11. The number of carbonyl (C=O) groups is 2. The first-order valence-corrected chi connectivity index (χ1v) is 6.75. The summed E-state index contributed by atoms with van der Waals surface area (Å²) in [4.78, 5) is 22.3. The summed E-state index contributed by atoms with van der Waals surface area (Å²) in [7, 11) is 0. The summed E-state index contributed by atoms with van der Waals surface area (Å²) in [6.07, 6.45) is 1.01. The SMILES string of the molecule is CC(=O)/C(N=Nc1ccc(C2=NNC(=O)CC2)cc1)=C(\C)O. The van der Waals surface area contributed by atoms with Crippen molar-refractivity contribution >= 4 is 23.1 Å². The van der Waals surface area contributed by atoms with Crippen molar-refractivity contribution in [3.63, 3.8) is 0 Å². The Labute approximate surface area is 127 Å². The number of azo groups is 1. The number of ketones is 1. The molecule has 1 aliphatic heterocycles. The normalized spacial score (nSPS) is 16.1. The molecular weight excluding hydrogens is 284 g/mol. The van der Waals surface area contributed by atoms with E-state index in [-0.39, 0.29) is 23.1 Å². The van der Waals surface area contributed by atoms with Crippen molar-refractivity contribution in [2.75, 3.05) is 0 Å². The predicted octanol–water partition coefficient (Wildman–Crippen LogP) is 2.76. The van der Waals surface area contributed by atoms with Crippen LogP contribution < -0.4 is 5.43 Å². The molecule has 1 aromatic rings. The Hall–Kier alpha value is -2.83. The molecule has 1 amide bonds. The number of aliphatic hydroxyl groups is 1. The molecule has 1 heterocycles. The first-order valence-electron chi connectivity index (χ1n) is 6.75. The van der Waals surface area contributed by atoms with E-state index < -0.39 is 0 Å². The Balaban J connectivity index is 2.14. The van der Waals surface area contributed by atoms with Gasteiger partial charge in [0.1, 0.15) is 5.76 Å². The van der Waals surface area contributed by atoms with Gasteiger partial charge in [-0.2, -0.15) is 10.2 Å². The van der Waals surface area contributed by atoms with Gasteiger partial charge in [0.15, 0.2) is 11.5 Å². The minimum absolute atomic E-state index is 0.0663. The molecule has 7 heteroatoms. The summed E-state index contributed by atoms with van der Waals surface area (Å²) in [5.74, 6) is -0.607. The Morgan fingerprint density at radius 2 is 1.91 bits per heavy atom. The number of nitrogens with one attached hydrogen (secondary N) is 1. The second-order valence-corrected chi connectivity index (χ2v) is 4.83. The summed E-state index contributed by atoms with van der Waals surface area (Å²) in [6.45, 7) is 2.70. The van der Waals surface area contributed by atoms with E-state index in [1.54, 1.807) is 12.1 Å². The van der Waals surface area contributed by atoms with Crippen molar-refractivity contribution in [1.29, 1.82) is 0 Å². The maximum Gasteiger partial charge on any atom is 0.240 e. The van der Waals surface area contributed by atoms with E-state index in [0.29, 0.717) is 18.5 Å². The second kappa shape index (κ2) is 6.75. The van der Waals surface area contributed by atoms with Gasteiger partial charge in [-0.1, -0.05) is 12.1 Å². The number of amides is 1. The van der Waals surface area contributed by atoms with Crippen molar-refractivity contribution < 1.29 is 14.7 Å². The van der Waals surface area contributed by atoms with Crippen molar-refractivity contribution in [3.05, 3.63) is 41.3 Å². The first-order chi connectivity index (χ1) is 10.5. The van der Waals surface area contributed by atoms with Crippen molar-refractivity contribution in [3.8, 4) is 0 Å². The number of benzene rings is 1. The minimum atomic E-state index is -0.354. The molecule has 0 aromatic heterocycles. The molecule has 0 saturated heterocycles. The molecule has 114 valence electrons. The fourth-order valence-electron chi connectivity index (χ4n) is 1.91. The van der Waals surface area contributed by atoms with Gasteiger partial charge in [0, 0.05) is 19.8 Å². The van der Waals surface area contributed by atoms with Crippen LogP contribution in [0.2, 0.25) is 0 Å². The topological polar surface area (TPSA) is 103 Å². The van der Waals surface area contributed by atoms with Crippen LogP contribution in [0, 0.1) is 0 Å².